The van der Waals surface area contributed by atoms with E-state index < -0.39 is 0 Å². The Morgan fingerprint density at radius 2 is 1.36 bits per heavy atom. The van der Waals surface area contributed by atoms with E-state index in [0.29, 0.717) is 0 Å². The standard InChI is InChI=1S/C45H42/c1-6-9-16-38-17-14-18-39(34(5)33(38)4)31-29-35(8-3)23-24-36-25-27-37(28-26-36)30-32-45-40(15-7-2)41-19-10-11-20-42(41)43-21-12-13-22-44(43)45/h6-16,18-29,31-32H,1-2,17,30H2,3-5H3/b16-9-,24-23+,31-29-,35-8-,40-15-,45-32+. The van der Waals surface area contributed by atoms with E-state index in [4.69, 9.17) is 0 Å². The summed E-state index contributed by atoms with van der Waals surface area (Å²) in [7, 11) is 0. The zero-order valence-electron chi connectivity index (χ0n) is 26.8. The number of allylic oxidation sites excluding steroid dienone is 15. The lowest BCUT2D eigenvalue weighted by Gasteiger charge is -2.08. The Labute approximate surface area is 268 Å². The van der Waals surface area contributed by atoms with Crippen molar-refractivity contribution < 1.29 is 0 Å². The Morgan fingerprint density at radius 1 is 0.711 bits per heavy atom. The lowest BCUT2D eigenvalue weighted by Crippen LogP contribution is -2.26. The Bertz CT molecular complexity index is 2080. The molecule has 0 unspecified atom stereocenters. The number of hydrogen-bond donors (Lipinski definition) is 0. The Balaban J connectivity index is 1.36. The van der Waals surface area contributed by atoms with Crippen LogP contribution >= 0.6 is 0 Å². The molecule has 5 rings (SSSR count). The molecule has 4 aromatic carbocycles. The van der Waals surface area contributed by atoms with Gasteiger partial charge in [0, 0.05) is 0 Å². The van der Waals surface area contributed by atoms with Crippen LogP contribution in [-0.2, 0) is 6.42 Å². The molecule has 0 N–H and O–H groups in total. The fraction of sp³-hybridized carbons (Fsp3) is 0.111. The molecule has 0 amide bonds. The van der Waals surface area contributed by atoms with Gasteiger partial charge in [0.15, 0.2) is 0 Å². The molecule has 0 fully saturated rings. The maximum atomic E-state index is 4.01. The number of rotatable bonds is 9. The van der Waals surface area contributed by atoms with Crippen molar-refractivity contribution in [3.8, 4) is 0 Å². The molecule has 0 atom stereocenters. The highest BCUT2D eigenvalue weighted by atomic mass is 14.1. The summed E-state index contributed by atoms with van der Waals surface area (Å²) < 4.78 is 0. The average molecular weight is 583 g/mol. The van der Waals surface area contributed by atoms with Gasteiger partial charge in [0.05, 0.1) is 0 Å². The van der Waals surface area contributed by atoms with Gasteiger partial charge in [-0.25, -0.2) is 0 Å². The molecule has 0 saturated heterocycles. The second kappa shape index (κ2) is 15.0. The monoisotopic (exact) mass is 582 g/mol. The lowest BCUT2D eigenvalue weighted by atomic mass is 9.96. The van der Waals surface area contributed by atoms with Crippen molar-refractivity contribution in [2.45, 2.75) is 33.6 Å². The quantitative estimate of drug-likeness (QED) is 0.136. The summed E-state index contributed by atoms with van der Waals surface area (Å²) in [5, 5.41) is 7.59. The normalized spacial score (nSPS) is 15.5. The van der Waals surface area contributed by atoms with Gasteiger partial charge in [-0.1, -0.05) is 165 Å². The van der Waals surface area contributed by atoms with Crippen molar-refractivity contribution in [3.05, 3.63) is 196 Å². The van der Waals surface area contributed by atoms with Crippen molar-refractivity contribution in [2.75, 3.05) is 0 Å². The van der Waals surface area contributed by atoms with E-state index in [1.807, 2.05) is 18.2 Å². The first kappa shape index (κ1) is 31.2. The van der Waals surface area contributed by atoms with Crippen molar-refractivity contribution in [1.29, 1.82) is 0 Å². The maximum Gasteiger partial charge on any atom is -0.00880 e. The van der Waals surface area contributed by atoms with Crippen LogP contribution in [0, 0.1) is 0 Å². The molecule has 222 valence electrons. The third kappa shape index (κ3) is 7.31. The molecule has 0 heteroatoms. The highest BCUT2D eigenvalue weighted by Crippen LogP contribution is 2.27. The van der Waals surface area contributed by atoms with Crippen LogP contribution in [0.2, 0.25) is 0 Å². The van der Waals surface area contributed by atoms with Gasteiger partial charge in [0.25, 0.3) is 0 Å². The average Bonchev–Trinajstić information content (AvgIpc) is 3.21. The largest absolute Gasteiger partial charge is 0.0991 e. The third-order valence-electron chi connectivity index (χ3n) is 8.62. The molecule has 1 aliphatic carbocycles. The van der Waals surface area contributed by atoms with E-state index >= 15 is 0 Å². The van der Waals surface area contributed by atoms with Crippen LogP contribution in [0.3, 0.4) is 0 Å². The zero-order valence-corrected chi connectivity index (χ0v) is 26.8. The van der Waals surface area contributed by atoms with Crippen LogP contribution in [0.1, 0.15) is 38.3 Å². The van der Waals surface area contributed by atoms with Crippen LogP contribution in [0.5, 0.6) is 0 Å². The highest BCUT2D eigenvalue weighted by Gasteiger charge is 2.08. The summed E-state index contributed by atoms with van der Waals surface area (Å²) in [6, 6.07) is 26.3. The van der Waals surface area contributed by atoms with Gasteiger partial charge >= 0.3 is 0 Å². The minimum absolute atomic E-state index is 0.855. The molecule has 1 aliphatic rings. The highest BCUT2D eigenvalue weighted by molar-refractivity contribution is 6.08. The molecule has 45 heavy (non-hydrogen) atoms. The Hall–Kier alpha value is -5.20. The SMILES string of the molecule is C=C/C=C\C1=C(C)C(C)=C(\C=C/C(=C\C)/C=C/c2ccc(C/C=c3\c(=C/C=C)c4ccccc4c4ccccc34)cc2)C=CC1. The smallest absolute Gasteiger partial charge is 0.00880 e. The Morgan fingerprint density at radius 3 is 2.00 bits per heavy atom. The molecule has 0 nitrogen and oxygen atoms in total. The molecular weight excluding hydrogens is 540 g/mol. The summed E-state index contributed by atoms with van der Waals surface area (Å²) in [5.74, 6) is 0. The fourth-order valence-electron chi connectivity index (χ4n) is 5.93. The second-order valence-electron chi connectivity index (χ2n) is 11.4. The molecule has 0 aromatic heterocycles. The third-order valence-corrected chi connectivity index (χ3v) is 8.62. The lowest BCUT2D eigenvalue weighted by molar-refractivity contribution is 1.20. The van der Waals surface area contributed by atoms with Gasteiger partial charge in [-0.15, -0.1) is 0 Å². The van der Waals surface area contributed by atoms with Crippen LogP contribution in [0.25, 0.3) is 39.8 Å². The van der Waals surface area contributed by atoms with Gasteiger partial charge < -0.3 is 0 Å². The van der Waals surface area contributed by atoms with Gasteiger partial charge in [-0.3, -0.25) is 0 Å². The summed E-state index contributed by atoms with van der Waals surface area (Å²) in [6.07, 6.45) is 29.6. The molecule has 0 aliphatic heterocycles. The number of hydrogen-bond acceptors (Lipinski definition) is 0. The van der Waals surface area contributed by atoms with Crippen molar-refractivity contribution in [1.82, 2.24) is 0 Å². The molecular formula is C45H42. The van der Waals surface area contributed by atoms with Crippen LogP contribution in [0.4, 0.5) is 0 Å². The zero-order chi connectivity index (χ0) is 31.6. The van der Waals surface area contributed by atoms with Crippen LogP contribution < -0.4 is 10.4 Å². The minimum Gasteiger partial charge on any atom is -0.0991 e. The predicted molar refractivity (Wildman–Crippen MR) is 200 cm³/mol. The van der Waals surface area contributed by atoms with Gasteiger partial charge in [0.1, 0.15) is 0 Å². The van der Waals surface area contributed by atoms with Gasteiger partial charge in [-0.05, 0) is 105 Å². The minimum atomic E-state index is 0.855. The first-order chi connectivity index (χ1) is 22.0. The van der Waals surface area contributed by atoms with Gasteiger partial charge in [0.2, 0.25) is 0 Å². The summed E-state index contributed by atoms with van der Waals surface area (Å²) in [6.45, 7) is 14.3. The van der Waals surface area contributed by atoms with E-state index in [2.05, 4.69) is 167 Å². The predicted octanol–water partition coefficient (Wildman–Crippen LogP) is 10.8. The summed E-state index contributed by atoms with van der Waals surface area (Å²) in [4.78, 5) is 0. The van der Waals surface area contributed by atoms with Gasteiger partial charge in [-0.2, -0.15) is 0 Å². The van der Waals surface area contributed by atoms with Crippen LogP contribution in [-0.4, -0.2) is 0 Å². The van der Waals surface area contributed by atoms with E-state index in [-0.39, 0.29) is 0 Å². The number of benzene rings is 4. The first-order valence-corrected chi connectivity index (χ1v) is 15.7. The topological polar surface area (TPSA) is 0 Å². The number of fused-ring (bicyclic) bond motifs is 3. The van der Waals surface area contributed by atoms with E-state index in [9.17, 15) is 0 Å². The molecule has 0 radical (unpaired) electrons. The molecule has 0 spiro atoms. The Kier molecular flexibility index (Phi) is 10.4. The summed E-state index contributed by atoms with van der Waals surface area (Å²) >= 11 is 0. The molecule has 0 bridgehead atoms. The maximum absolute atomic E-state index is 4.01. The second-order valence-corrected chi connectivity index (χ2v) is 11.4. The van der Waals surface area contributed by atoms with Crippen molar-refractivity contribution in [3.63, 3.8) is 0 Å². The van der Waals surface area contributed by atoms with Crippen LogP contribution in [0.15, 0.2) is 175 Å². The molecule has 0 heterocycles. The van der Waals surface area contributed by atoms with E-state index in [0.717, 1.165) is 12.8 Å². The molecule has 0 saturated carbocycles. The first-order valence-electron chi connectivity index (χ1n) is 15.7. The van der Waals surface area contributed by atoms with Crippen molar-refractivity contribution in [2.24, 2.45) is 0 Å². The van der Waals surface area contributed by atoms with Crippen molar-refractivity contribution >= 4 is 39.8 Å². The molecule has 4 aromatic rings. The summed E-state index contributed by atoms with van der Waals surface area (Å²) in [5.41, 5.74) is 8.86. The van der Waals surface area contributed by atoms with E-state index in [1.54, 1.807) is 0 Å². The van der Waals surface area contributed by atoms with E-state index in [1.165, 1.54) is 71.0 Å². The fourth-order valence-corrected chi connectivity index (χ4v) is 5.93.